The zero-order valence-corrected chi connectivity index (χ0v) is 29.0. The number of aryl methyl sites for hydroxylation is 1. The molecule has 0 bridgehead atoms. The van der Waals surface area contributed by atoms with E-state index in [0.717, 1.165) is 18.2 Å². The SMILES string of the molecule is CCCCCCCCCc1ccc(OCCOCCOCCOCCOCCOCCOCCNc2ccc([N+](=O)[O-])cc2[N+](=O)[O-])cc1. The Labute approximate surface area is 290 Å². The van der Waals surface area contributed by atoms with E-state index < -0.39 is 9.85 Å². The molecule has 0 aliphatic carbocycles. The Kier molecular flexibility index (Phi) is 24.2. The van der Waals surface area contributed by atoms with Crippen LogP contribution in [-0.2, 0) is 34.8 Å². The maximum atomic E-state index is 11.2. The van der Waals surface area contributed by atoms with Gasteiger partial charge in [0.1, 0.15) is 18.0 Å². The van der Waals surface area contributed by atoms with Crippen LogP contribution in [0.5, 0.6) is 5.75 Å². The average molecular weight is 694 g/mol. The summed E-state index contributed by atoms with van der Waals surface area (Å²) in [5, 5.41) is 24.8. The lowest BCUT2D eigenvalue weighted by molar-refractivity contribution is -0.393. The van der Waals surface area contributed by atoms with Gasteiger partial charge in [-0.2, -0.15) is 0 Å². The highest BCUT2D eigenvalue weighted by Crippen LogP contribution is 2.28. The fourth-order valence-electron chi connectivity index (χ4n) is 4.65. The molecule has 0 spiro atoms. The van der Waals surface area contributed by atoms with Crippen molar-refractivity contribution in [1.29, 1.82) is 0 Å². The van der Waals surface area contributed by atoms with Gasteiger partial charge in [-0.3, -0.25) is 20.2 Å². The van der Waals surface area contributed by atoms with Crippen molar-refractivity contribution in [2.45, 2.75) is 58.3 Å². The zero-order chi connectivity index (χ0) is 35.2. The predicted octanol–water partition coefficient (Wildman–Crippen LogP) is 6.39. The van der Waals surface area contributed by atoms with E-state index in [9.17, 15) is 20.2 Å². The van der Waals surface area contributed by atoms with E-state index in [1.54, 1.807) is 0 Å². The van der Waals surface area contributed by atoms with Gasteiger partial charge < -0.3 is 38.5 Å². The van der Waals surface area contributed by atoms with E-state index in [0.29, 0.717) is 85.8 Å². The molecule has 0 heterocycles. The van der Waals surface area contributed by atoms with Crippen molar-refractivity contribution in [1.82, 2.24) is 0 Å². The molecule has 0 aliphatic heterocycles. The van der Waals surface area contributed by atoms with Gasteiger partial charge in [-0.15, -0.1) is 0 Å². The van der Waals surface area contributed by atoms with Crippen LogP contribution in [0.25, 0.3) is 0 Å². The summed E-state index contributed by atoms with van der Waals surface area (Å²) in [5.41, 5.74) is 0.855. The summed E-state index contributed by atoms with van der Waals surface area (Å²) in [6.45, 7) is 8.26. The number of ether oxygens (including phenoxy) is 7. The maximum absolute atomic E-state index is 11.2. The summed E-state index contributed by atoms with van der Waals surface area (Å²) < 4.78 is 38.7. The lowest BCUT2D eigenvalue weighted by Crippen LogP contribution is -2.15. The molecule has 0 unspecified atom stereocenters. The first-order chi connectivity index (χ1) is 24.0. The molecule has 0 aliphatic rings. The van der Waals surface area contributed by atoms with Crippen LogP contribution >= 0.6 is 0 Å². The van der Waals surface area contributed by atoms with Crippen LogP contribution in [0.3, 0.4) is 0 Å². The number of nitro benzene ring substituents is 2. The molecule has 276 valence electrons. The largest absolute Gasteiger partial charge is 0.491 e. The fourth-order valence-corrected chi connectivity index (χ4v) is 4.65. The standard InChI is InChI=1S/C35H55N3O11/c1-2-3-4-5-6-7-8-9-31-10-13-33(14-11-31)49-29-28-48-27-26-47-25-24-46-23-22-45-21-20-44-19-18-43-17-16-36-34-15-12-32(37(39)40)30-35(34)38(41)42/h10-15,30,36H,2-9,16-29H2,1H3. The highest BCUT2D eigenvalue weighted by Gasteiger charge is 2.19. The van der Waals surface area contributed by atoms with Crippen molar-refractivity contribution in [2.24, 2.45) is 0 Å². The van der Waals surface area contributed by atoms with Gasteiger partial charge in [0.2, 0.25) is 0 Å². The molecule has 0 radical (unpaired) electrons. The summed E-state index contributed by atoms with van der Waals surface area (Å²) in [5.74, 6) is 0.866. The molecule has 14 heteroatoms. The first-order valence-corrected chi connectivity index (χ1v) is 17.4. The second-order valence-electron chi connectivity index (χ2n) is 11.2. The molecule has 2 aromatic rings. The second-order valence-corrected chi connectivity index (χ2v) is 11.2. The van der Waals surface area contributed by atoms with Crippen LogP contribution in [0, 0.1) is 20.2 Å². The van der Waals surface area contributed by atoms with Crippen molar-refractivity contribution in [3.05, 3.63) is 68.3 Å². The first-order valence-electron chi connectivity index (χ1n) is 17.4. The summed E-state index contributed by atoms with van der Waals surface area (Å²) in [4.78, 5) is 20.6. The molecule has 2 rings (SSSR count). The Balaban J connectivity index is 1.28. The topological polar surface area (TPSA) is 163 Å². The van der Waals surface area contributed by atoms with Crippen LogP contribution in [0.1, 0.15) is 57.4 Å². The van der Waals surface area contributed by atoms with Crippen molar-refractivity contribution in [2.75, 3.05) is 97.8 Å². The lowest BCUT2D eigenvalue weighted by Gasteiger charge is -2.09. The molecule has 2 aromatic carbocycles. The van der Waals surface area contributed by atoms with Gasteiger partial charge in [-0.25, -0.2) is 0 Å². The van der Waals surface area contributed by atoms with Crippen molar-refractivity contribution < 1.29 is 43.0 Å². The molecule has 49 heavy (non-hydrogen) atoms. The summed E-state index contributed by atoms with van der Waals surface area (Å²) in [7, 11) is 0. The molecule has 14 nitrogen and oxygen atoms in total. The lowest BCUT2D eigenvalue weighted by atomic mass is 10.0. The molecular weight excluding hydrogens is 638 g/mol. The van der Waals surface area contributed by atoms with Crippen LogP contribution in [0.4, 0.5) is 17.1 Å². The molecule has 0 amide bonds. The molecule has 0 fully saturated rings. The van der Waals surface area contributed by atoms with Crippen LogP contribution in [0.2, 0.25) is 0 Å². The van der Waals surface area contributed by atoms with E-state index in [1.165, 1.54) is 62.6 Å². The summed E-state index contributed by atoms with van der Waals surface area (Å²) in [6, 6.07) is 11.8. The molecule has 1 N–H and O–H groups in total. The fraction of sp³-hybridized carbons (Fsp3) is 0.657. The summed E-state index contributed by atoms with van der Waals surface area (Å²) >= 11 is 0. The number of rotatable bonds is 33. The van der Waals surface area contributed by atoms with E-state index in [4.69, 9.17) is 33.2 Å². The van der Waals surface area contributed by atoms with Gasteiger partial charge in [0.25, 0.3) is 11.4 Å². The third-order valence-corrected chi connectivity index (χ3v) is 7.30. The molecule has 0 aromatic heterocycles. The Morgan fingerprint density at radius 2 is 1.06 bits per heavy atom. The maximum Gasteiger partial charge on any atom is 0.299 e. The van der Waals surface area contributed by atoms with Gasteiger partial charge in [-0.05, 0) is 36.6 Å². The van der Waals surface area contributed by atoms with E-state index in [2.05, 4.69) is 24.4 Å². The van der Waals surface area contributed by atoms with Crippen LogP contribution in [0.15, 0.2) is 42.5 Å². The third kappa shape index (κ3) is 21.3. The Morgan fingerprint density at radius 3 is 1.57 bits per heavy atom. The molecule has 0 atom stereocenters. The number of anilines is 1. The normalized spacial score (nSPS) is 11.1. The predicted molar refractivity (Wildman–Crippen MR) is 187 cm³/mol. The Bertz CT molecular complexity index is 1140. The monoisotopic (exact) mass is 693 g/mol. The highest BCUT2D eigenvalue weighted by atomic mass is 16.6. The number of non-ortho nitro benzene ring substituents is 1. The Morgan fingerprint density at radius 1 is 0.571 bits per heavy atom. The molecular formula is C35H55N3O11. The second kappa shape index (κ2) is 28.4. The minimum absolute atomic E-state index is 0.192. The van der Waals surface area contributed by atoms with Crippen molar-refractivity contribution in [3.8, 4) is 5.75 Å². The number of nitrogens with zero attached hydrogens (tertiary/aromatic N) is 2. The average Bonchev–Trinajstić information content (AvgIpc) is 3.10. The summed E-state index contributed by atoms with van der Waals surface area (Å²) in [6.07, 6.45) is 10.4. The van der Waals surface area contributed by atoms with Crippen LogP contribution in [-0.4, -0.2) is 102 Å². The van der Waals surface area contributed by atoms with Gasteiger partial charge in [0, 0.05) is 12.6 Å². The van der Waals surface area contributed by atoms with Gasteiger partial charge >= 0.3 is 0 Å². The number of hydrogen-bond acceptors (Lipinski definition) is 12. The van der Waals surface area contributed by atoms with Crippen molar-refractivity contribution >= 4 is 17.1 Å². The van der Waals surface area contributed by atoms with E-state index >= 15 is 0 Å². The quantitative estimate of drug-likeness (QED) is 0.0499. The number of benzene rings is 2. The first kappa shape index (κ1) is 41.8. The highest BCUT2D eigenvalue weighted by molar-refractivity contribution is 5.65. The number of nitrogens with one attached hydrogen (secondary N) is 1. The van der Waals surface area contributed by atoms with E-state index in [1.807, 2.05) is 12.1 Å². The molecule has 0 saturated heterocycles. The smallest absolute Gasteiger partial charge is 0.299 e. The van der Waals surface area contributed by atoms with E-state index in [-0.39, 0.29) is 23.7 Å². The minimum Gasteiger partial charge on any atom is -0.491 e. The number of hydrogen-bond donors (Lipinski definition) is 1. The number of unbranched alkanes of at least 4 members (excludes halogenated alkanes) is 6. The molecule has 0 saturated carbocycles. The van der Waals surface area contributed by atoms with Gasteiger partial charge in [-0.1, -0.05) is 57.6 Å². The number of nitro groups is 2. The van der Waals surface area contributed by atoms with Gasteiger partial charge in [0.05, 0.1) is 95.2 Å². The van der Waals surface area contributed by atoms with Crippen molar-refractivity contribution in [3.63, 3.8) is 0 Å². The van der Waals surface area contributed by atoms with Gasteiger partial charge in [0.15, 0.2) is 0 Å². The zero-order valence-electron chi connectivity index (χ0n) is 29.0. The minimum atomic E-state index is -0.676. The van der Waals surface area contributed by atoms with Crippen LogP contribution < -0.4 is 10.1 Å². The Hall–Kier alpha value is -3.40. The third-order valence-electron chi connectivity index (χ3n) is 7.30.